The standard InChI is InChI=1S/C20H25F3N4O/c1-19(2,3)16-11-17(28)27(13-25-16)12-14-6-9-26(10-7-14)18-15(20(21,22)23)5-4-8-24-18/h4-5,8,11,13-14H,6-7,9-10,12H2,1-3H3. The van der Waals surface area contributed by atoms with Crippen LogP contribution in [0.1, 0.15) is 44.9 Å². The van der Waals surface area contributed by atoms with E-state index in [-0.39, 0.29) is 22.7 Å². The third-order valence-corrected chi connectivity index (χ3v) is 5.11. The van der Waals surface area contributed by atoms with Crippen LogP contribution in [-0.4, -0.2) is 27.6 Å². The van der Waals surface area contributed by atoms with E-state index >= 15 is 0 Å². The van der Waals surface area contributed by atoms with Crippen LogP contribution in [0.3, 0.4) is 0 Å². The number of hydrogen-bond donors (Lipinski definition) is 0. The second-order valence-corrected chi connectivity index (χ2v) is 8.32. The Morgan fingerprint density at radius 3 is 2.39 bits per heavy atom. The summed E-state index contributed by atoms with van der Waals surface area (Å²) in [7, 11) is 0. The van der Waals surface area contributed by atoms with Gasteiger partial charge in [-0.25, -0.2) is 9.97 Å². The van der Waals surface area contributed by atoms with Crippen LogP contribution < -0.4 is 10.5 Å². The number of rotatable bonds is 3. The van der Waals surface area contributed by atoms with Crippen LogP contribution in [0, 0.1) is 5.92 Å². The zero-order valence-corrected chi connectivity index (χ0v) is 16.3. The molecule has 0 bridgehead atoms. The first kappa shape index (κ1) is 20.4. The van der Waals surface area contributed by atoms with Crippen LogP contribution in [0.4, 0.5) is 19.0 Å². The molecule has 1 saturated heterocycles. The summed E-state index contributed by atoms with van der Waals surface area (Å²) in [4.78, 5) is 22.4. The highest BCUT2D eigenvalue weighted by molar-refractivity contribution is 5.48. The molecule has 0 spiro atoms. The molecule has 0 unspecified atom stereocenters. The number of aromatic nitrogens is 3. The Hall–Kier alpha value is -2.38. The van der Waals surface area contributed by atoms with Crippen LogP contribution in [0.15, 0.2) is 35.5 Å². The Kier molecular flexibility index (Phi) is 5.50. The SMILES string of the molecule is CC(C)(C)c1cc(=O)n(CC2CCN(c3ncccc3C(F)(F)F)CC2)cn1. The van der Waals surface area contributed by atoms with Gasteiger partial charge in [0.15, 0.2) is 0 Å². The molecule has 0 radical (unpaired) electrons. The molecule has 1 aliphatic rings. The predicted octanol–water partition coefficient (Wildman–Crippen LogP) is 3.87. The van der Waals surface area contributed by atoms with Crippen molar-refractivity contribution in [3.63, 3.8) is 0 Å². The molecule has 0 N–H and O–H groups in total. The minimum atomic E-state index is -4.42. The number of alkyl halides is 3. The maximum Gasteiger partial charge on any atom is 0.419 e. The van der Waals surface area contributed by atoms with Crippen LogP contribution in [-0.2, 0) is 18.1 Å². The summed E-state index contributed by atoms with van der Waals surface area (Å²) in [5.41, 5.74) is -0.237. The Morgan fingerprint density at radius 2 is 1.82 bits per heavy atom. The average molecular weight is 394 g/mol. The zero-order valence-electron chi connectivity index (χ0n) is 16.3. The maximum atomic E-state index is 13.2. The van der Waals surface area contributed by atoms with E-state index in [2.05, 4.69) is 9.97 Å². The van der Waals surface area contributed by atoms with Gasteiger partial charge in [0.1, 0.15) is 5.82 Å². The molecule has 1 aliphatic heterocycles. The van der Waals surface area contributed by atoms with E-state index in [0.29, 0.717) is 32.5 Å². The largest absolute Gasteiger partial charge is 0.419 e. The van der Waals surface area contributed by atoms with Gasteiger partial charge in [0.2, 0.25) is 0 Å². The summed E-state index contributed by atoms with van der Waals surface area (Å²) in [6.45, 7) is 7.49. The normalized spacial score (nSPS) is 16.4. The summed E-state index contributed by atoms with van der Waals surface area (Å²) in [5, 5.41) is 0. The zero-order chi connectivity index (χ0) is 20.5. The van der Waals surface area contributed by atoms with E-state index in [0.717, 1.165) is 11.8 Å². The summed E-state index contributed by atoms with van der Waals surface area (Å²) in [6.07, 6.45) is -0.0641. The van der Waals surface area contributed by atoms with Crippen LogP contribution in [0.25, 0.3) is 0 Å². The fourth-order valence-corrected chi connectivity index (χ4v) is 3.45. The summed E-state index contributed by atoms with van der Waals surface area (Å²) >= 11 is 0. The van der Waals surface area contributed by atoms with Crippen molar-refractivity contribution in [2.45, 2.75) is 51.7 Å². The van der Waals surface area contributed by atoms with Gasteiger partial charge < -0.3 is 4.90 Å². The first-order valence-corrected chi connectivity index (χ1v) is 9.40. The van der Waals surface area contributed by atoms with E-state index in [1.807, 2.05) is 20.8 Å². The molecule has 2 aromatic rings. The van der Waals surface area contributed by atoms with Gasteiger partial charge in [-0.3, -0.25) is 9.36 Å². The number of anilines is 1. The minimum absolute atomic E-state index is 0.0122. The molecular weight excluding hydrogens is 369 g/mol. The van der Waals surface area contributed by atoms with Gasteiger partial charge in [-0.1, -0.05) is 20.8 Å². The van der Waals surface area contributed by atoms with Gasteiger partial charge in [-0.15, -0.1) is 0 Å². The van der Waals surface area contributed by atoms with Crippen molar-refractivity contribution in [3.05, 3.63) is 52.3 Å². The lowest BCUT2D eigenvalue weighted by atomic mass is 9.92. The van der Waals surface area contributed by atoms with E-state index in [9.17, 15) is 18.0 Å². The predicted molar refractivity (Wildman–Crippen MR) is 101 cm³/mol. The Morgan fingerprint density at radius 1 is 1.14 bits per heavy atom. The van der Waals surface area contributed by atoms with Crippen molar-refractivity contribution in [3.8, 4) is 0 Å². The monoisotopic (exact) mass is 394 g/mol. The molecule has 5 nitrogen and oxygen atoms in total. The molecule has 2 aromatic heterocycles. The number of hydrogen-bond acceptors (Lipinski definition) is 4. The highest BCUT2D eigenvalue weighted by atomic mass is 19.4. The quantitative estimate of drug-likeness (QED) is 0.793. The lowest BCUT2D eigenvalue weighted by molar-refractivity contribution is -0.137. The first-order valence-electron chi connectivity index (χ1n) is 9.40. The molecule has 152 valence electrons. The number of piperidine rings is 1. The third kappa shape index (κ3) is 4.54. The summed E-state index contributed by atoms with van der Waals surface area (Å²) in [6, 6.07) is 3.94. The molecule has 0 atom stereocenters. The molecule has 0 aliphatic carbocycles. The van der Waals surface area contributed by atoms with E-state index in [1.165, 1.54) is 12.3 Å². The van der Waals surface area contributed by atoms with Crippen LogP contribution in [0.5, 0.6) is 0 Å². The fraction of sp³-hybridized carbons (Fsp3) is 0.550. The highest BCUT2D eigenvalue weighted by Gasteiger charge is 2.36. The molecule has 3 heterocycles. The Bertz CT molecular complexity index is 878. The molecule has 0 aromatic carbocycles. The van der Waals surface area contributed by atoms with E-state index in [1.54, 1.807) is 21.9 Å². The van der Waals surface area contributed by atoms with Crippen LogP contribution in [0.2, 0.25) is 0 Å². The van der Waals surface area contributed by atoms with Gasteiger partial charge in [-0.2, -0.15) is 13.2 Å². The third-order valence-electron chi connectivity index (χ3n) is 5.11. The Labute approximate surface area is 162 Å². The fourth-order valence-electron chi connectivity index (χ4n) is 3.45. The molecule has 0 saturated carbocycles. The molecule has 8 heteroatoms. The number of nitrogens with zero attached hydrogens (tertiary/aromatic N) is 4. The van der Waals surface area contributed by atoms with Crippen LogP contribution >= 0.6 is 0 Å². The van der Waals surface area contributed by atoms with Crippen molar-refractivity contribution < 1.29 is 13.2 Å². The smallest absolute Gasteiger partial charge is 0.356 e. The van der Waals surface area contributed by atoms with Gasteiger partial charge in [0.05, 0.1) is 17.6 Å². The van der Waals surface area contributed by atoms with Crippen molar-refractivity contribution in [1.82, 2.24) is 14.5 Å². The minimum Gasteiger partial charge on any atom is -0.356 e. The molecule has 3 rings (SSSR count). The topological polar surface area (TPSA) is 51.0 Å². The van der Waals surface area contributed by atoms with Crippen molar-refractivity contribution in [2.24, 2.45) is 5.92 Å². The van der Waals surface area contributed by atoms with Crippen molar-refractivity contribution in [2.75, 3.05) is 18.0 Å². The maximum absolute atomic E-state index is 13.2. The van der Waals surface area contributed by atoms with Crippen molar-refractivity contribution in [1.29, 1.82) is 0 Å². The van der Waals surface area contributed by atoms with Gasteiger partial charge in [0, 0.05) is 37.3 Å². The van der Waals surface area contributed by atoms with Gasteiger partial charge >= 0.3 is 6.18 Å². The molecule has 28 heavy (non-hydrogen) atoms. The molecular formula is C20H25F3N4O. The highest BCUT2D eigenvalue weighted by Crippen LogP contribution is 2.36. The first-order chi connectivity index (χ1) is 13.1. The Balaban J connectivity index is 1.67. The lowest BCUT2D eigenvalue weighted by Gasteiger charge is -2.34. The van der Waals surface area contributed by atoms with E-state index in [4.69, 9.17) is 0 Å². The number of halogens is 3. The number of pyridine rings is 1. The van der Waals surface area contributed by atoms with Gasteiger partial charge in [0.25, 0.3) is 5.56 Å². The lowest BCUT2D eigenvalue weighted by Crippen LogP contribution is -2.38. The van der Waals surface area contributed by atoms with E-state index < -0.39 is 11.7 Å². The average Bonchev–Trinajstić information content (AvgIpc) is 2.62. The summed E-state index contributed by atoms with van der Waals surface area (Å²) < 4.78 is 41.2. The second-order valence-electron chi connectivity index (χ2n) is 8.32. The summed E-state index contributed by atoms with van der Waals surface area (Å²) in [5.74, 6) is 0.205. The van der Waals surface area contributed by atoms with Crippen molar-refractivity contribution >= 4 is 5.82 Å². The second kappa shape index (κ2) is 7.56. The molecule has 0 amide bonds. The molecule has 1 fully saturated rings. The van der Waals surface area contributed by atoms with Gasteiger partial charge in [-0.05, 0) is 30.9 Å².